The Hall–Kier alpha value is -7.43. The molecule has 314 valence electrons. The van der Waals surface area contributed by atoms with E-state index in [0.29, 0.717) is 0 Å². The van der Waals surface area contributed by atoms with Crippen molar-refractivity contribution in [2.24, 2.45) is 0 Å². The van der Waals surface area contributed by atoms with Gasteiger partial charge in [-0.2, -0.15) is 0 Å². The highest BCUT2D eigenvalue weighted by Gasteiger charge is 2.44. The zero-order chi connectivity index (χ0) is 44.6. The van der Waals surface area contributed by atoms with Gasteiger partial charge < -0.3 is 18.9 Å². The third-order valence-corrected chi connectivity index (χ3v) is 15.4. The Morgan fingerprint density at radius 3 is 1.15 bits per heavy atom. The highest BCUT2D eigenvalue weighted by Crippen LogP contribution is 2.52. The predicted molar refractivity (Wildman–Crippen MR) is 276 cm³/mol. The molecule has 4 heterocycles. The Bertz CT molecular complexity index is 3580. The van der Waals surface area contributed by atoms with E-state index >= 15 is 0 Å². The Morgan fingerprint density at radius 2 is 0.758 bits per heavy atom. The van der Waals surface area contributed by atoms with E-state index in [-0.39, 0.29) is 13.4 Å². The quantitative estimate of drug-likeness (QED) is 0.131. The number of ether oxygens (including phenoxy) is 4. The molecule has 0 saturated heterocycles. The lowest BCUT2D eigenvalue weighted by Gasteiger charge is -2.38. The second kappa shape index (κ2) is 13.1. The third-order valence-electron chi connectivity index (χ3n) is 15.4. The highest BCUT2D eigenvalue weighted by molar-refractivity contribution is 7.01. The molecule has 0 unspecified atom stereocenters. The van der Waals surface area contributed by atoms with Gasteiger partial charge >= 0.3 is 0 Å². The Labute approximate surface area is 385 Å². The molecule has 0 fully saturated rings. The second-order valence-electron chi connectivity index (χ2n) is 19.3. The van der Waals surface area contributed by atoms with Gasteiger partial charge in [-0.05, 0) is 199 Å². The molecule has 4 aliphatic rings. The van der Waals surface area contributed by atoms with E-state index in [1.165, 1.54) is 132 Å². The van der Waals surface area contributed by atoms with Gasteiger partial charge in [0.1, 0.15) is 34.5 Å². The van der Waals surface area contributed by atoms with Crippen LogP contribution in [0, 0.1) is 41.5 Å². The topological polar surface area (TPSA) is 36.9 Å². The lowest BCUT2D eigenvalue weighted by molar-refractivity contribution is 0.409. The van der Waals surface area contributed by atoms with Gasteiger partial charge in [-0.3, -0.25) is 0 Å². The lowest BCUT2D eigenvalue weighted by atomic mass is 9.32. The molecule has 0 amide bonds. The minimum Gasteiger partial charge on any atom is -0.497 e. The van der Waals surface area contributed by atoms with Gasteiger partial charge in [0, 0.05) is 12.1 Å². The van der Waals surface area contributed by atoms with Crippen molar-refractivity contribution >= 4 is 78.5 Å². The van der Waals surface area contributed by atoms with Crippen LogP contribution in [0.25, 0.3) is 76.8 Å². The molecule has 6 heteroatoms. The Kier molecular flexibility index (Phi) is 7.52. The zero-order valence-electron chi connectivity index (χ0n) is 38.3. The molecule has 4 nitrogen and oxygen atoms in total. The molecule has 0 radical (unpaired) electrons. The summed E-state index contributed by atoms with van der Waals surface area (Å²) < 4.78 is 26.0. The molecule has 0 bridgehead atoms. The summed E-state index contributed by atoms with van der Waals surface area (Å²) in [5, 5.41) is 7.76. The average Bonchev–Trinajstić information content (AvgIpc) is 3.30. The molecule has 0 aliphatic carbocycles. The van der Waals surface area contributed by atoms with Crippen molar-refractivity contribution in [2.45, 2.75) is 41.5 Å². The zero-order valence-corrected chi connectivity index (χ0v) is 38.3. The summed E-state index contributed by atoms with van der Waals surface area (Å²) in [4.78, 5) is 0. The molecular weight excluding hydrogens is 806 g/mol. The van der Waals surface area contributed by atoms with E-state index in [9.17, 15) is 0 Å². The van der Waals surface area contributed by atoms with Crippen molar-refractivity contribution in [3.8, 4) is 79.0 Å². The third kappa shape index (κ3) is 4.81. The summed E-state index contributed by atoms with van der Waals surface area (Å²) in [5.74, 6) is 5.05. The van der Waals surface area contributed by atoms with Gasteiger partial charge in [-0.25, -0.2) is 0 Å². The monoisotopic (exact) mass is 850 g/mol. The summed E-state index contributed by atoms with van der Waals surface area (Å²) in [6.07, 6.45) is 0. The number of rotatable bonds is 4. The van der Waals surface area contributed by atoms with Gasteiger partial charge in [0.05, 0.1) is 14.2 Å². The number of fused-ring (bicyclic) bond motifs is 8. The van der Waals surface area contributed by atoms with Crippen molar-refractivity contribution in [3.63, 3.8) is 0 Å². The van der Waals surface area contributed by atoms with Crippen LogP contribution in [0.3, 0.4) is 0 Å². The maximum atomic E-state index is 6.88. The SMILES string of the molecule is COc1cc2c3c(c1)-c1cc(-c4c(C)cc(C)cc4C)c4cc5c6c(cc(-c7c(C)cc(C)cc7C)c7cc(c1c4c76)B3c1ccccc1O2)-c1cc(OC)cc2c1B5c1ccccc1O2. The minimum atomic E-state index is -0.0614. The standard InChI is InChI=1S/C60H44B2O4/c1-29-17-31(3)53(32(4)18-29)37-25-39-43-21-35(63-7)23-51-59(43)62(46-14-10-12-16-50(46)65-51)48-28-42-38(54-33(5)19-30(2)20-34(54)6)26-40-44-22-36(64-8)24-52-60(44)61(45-13-9-11-15-49(45)66-52)47-27-41(37)57(55(39)48)58(42)56(40)47/h9-28H,1-8H3. The predicted octanol–water partition coefficient (Wildman–Crippen LogP) is 11.0. The van der Waals surface area contributed by atoms with Crippen molar-refractivity contribution in [3.05, 3.63) is 155 Å². The van der Waals surface area contributed by atoms with Crippen molar-refractivity contribution in [1.82, 2.24) is 0 Å². The van der Waals surface area contributed by atoms with E-state index < -0.39 is 0 Å². The van der Waals surface area contributed by atoms with Crippen LogP contribution in [-0.2, 0) is 0 Å². The second-order valence-corrected chi connectivity index (χ2v) is 19.3. The normalized spacial score (nSPS) is 13.3. The summed E-state index contributed by atoms with van der Waals surface area (Å²) in [6.45, 7) is 13.4. The number of para-hydroxylation sites is 2. The Balaban J connectivity index is 1.28. The molecule has 4 aliphatic heterocycles. The van der Waals surface area contributed by atoms with Crippen molar-refractivity contribution < 1.29 is 18.9 Å². The molecule has 66 heavy (non-hydrogen) atoms. The van der Waals surface area contributed by atoms with Crippen LogP contribution in [-0.4, -0.2) is 27.6 Å². The van der Waals surface area contributed by atoms with E-state index in [2.05, 4.69) is 163 Å². The van der Waals surface area contributed by atoms with Crippen molar-refractivity contribution in [1.29, 1.82) is 0 Å². The Morgan fingerprint density at radius 1 is 0.364 bits per heavy atom. The van der Waals surface area contributed by atoms with Gasteiger partial charge in [-0.15, -0.1) is 0 Å². The number of hydrogen-bond acceptors (Lipinski definition) is 4. The maximum absolute atomic E-state index is 6.88. The van der Waals surface area contributed by atoms with Crippen molar-refractivity contribution in [2.75, 3.05) is 14.2 Å². The fourth-order valence-electron chi connectivity index (χ4n) is 13.2. The fraction of sp³-hybridized carbons (Fsp3) is 0.133. The summed E-state index contributed by atoms with van der Waals surface area (Å²) in [7, 11) is 3.52. The number of hydrogen-bond donors (Lipinski definition) is 0. The first-order valence-electron chi connectivity index (χ1n) is 23.1. The average molecular weight is 851 g/mol. The molecule has 10 aromatic rings. The van der Waals surface area contributed by atoms with Crippen LogP contribution in [0.5, 0.6) is 34.5 Å². The number of aryl methyl sites for hydroxylation is 6. The molecule has 10 aromatic carbocycles. The van der Waals surface area contributed by atoms with Crippen LogP contribution >= 0.6 is 0 Å². The van der Waals surface area contributed by atoms with E-state index in [1.54, 1.807) is 14.2 Å². The van der Waals surface area contributed by atoms with Gasteiger partial charge in [0.15, 0.2) is 0 Å². The largest absolute Gasteiger partial charge is 0.497 e. The summed E-state index contributed by atoms with van der Waals surface area (Å²) in [6, 6.07) is 45.5. The first kappa shape index (κ1) is 37.9. The van der Waals surface area contributed by atoms with Gasteiger partial charge in [-0.1, -0.05) is 94.8 Å². The molecular formula is C60H44B2O4. The first-order chi connectivity index (χ1) is 32.1. The van der Waals surface area contributed by atoms with Crippen LogP contribution < -0.4 is 51.7 Å². The van der Waals surface area contributed by atoms with Crippen LogP contribution in [0.1, 0.15) is 33.4 Å². The molecule has 0 N–H and O–H groups in total. The number of benzene rings is 10. The van der Waals surface area contributed by atoms with Gasteiger partial charge in [0.25, 0.3) is 13.4 Å². The van der Waals surface area contributed by atoms with Crippen LogP contribution in [0.4, 0.5) is 0 Å². The molecule has 0 atom stereocenters. The van der Waals surface area contributed by atoms with E-state index in [4.69, 9.17) is 18.9 Å². The molecule has 0 saturated carbocycles. The molecule has 14 rings (SSSR count). The molecule has 0 spiro atoms. The van der Waals surface area contributed by atoms with E-state index in [1.807, 2.05) is 0 Å². The summed E-state index contributed by atoms with van der Waals surface area (Å²) >= 11 is 0. The number of methoxy groups -OCH3 is 2. The lowest BCUT2D eigenvalue weighted by Crippen LogP contribution is -2.58. The highest BCUT2D eigenvalue weighted by atomic mass is 16.5. The van der Waals surface area contributed by atoms with E-state index in [0.717, 1.165) is 45.6 Å². The smallest absolute Gasteiger partial charge is 0.252 e. The van der Waals surface area contributed by atoms with Crippen LogP contribution in [0.2, 0.25) is 0 Å². The van der Waals surface area contributed by atoms with Crippen LogP contribution in [0.15, 0.2) is 121 Å². The minimum absolute atomic E-state index is 0.0614. The fourth-order valence-corrected chi connectivity index (χ4v) is 13.2. The maximum Gasteiger partial charge on any atom is 0.252 e. The van der Waals surface area contributed by atoms with Gasteiger partial charge in [0.2, 0.25) is 0 Å². The summed E-state index contributed by atoms with van der Waals surface area (Å²) in [5.41, 5.74) is 24.8. The first-order valence-corrected chi connectivity index (χ1v) is 23.1. The molecule has 0 aromatic heterocycles.